The van der Waals surface area contributed by atoms with Crippen LogP contribution in [0.25, 0.3) is 11.1 Å². The first kappa shape index (κ1) is 21.4. The number of hydrogen-bond donors (Lipinski definition) is 1. The maximum absolute atomic E-state index is 14.8. The molecule has 0 amide bonds. The fourth-order valence-corrected chi connectivity index (χ4v) is 3.57. The van der Waals surface area contributed by atoms with E-state index >= 15 is 0 Å². The zero-order valence-electron chi connectivity index (χ0n) is 17.3. The van der Waals surface area contributed by atoms with E-state index in [0.29, 0.717) is 40.1 Å². The zero-order chi connectivity index (χ0) is 22.0. The van der Waals surface area contributed by atoms with Crippen LogP contribution in [-0.2, 0) is 18.4 Å². The summed E-state index contributed by atoms with van der Waals surface area (Å²) in [6, 6.07) is 7.97. The lowest BCUT2D eigenvalue weighted by Gasteiger charge is -2.16. The molecule has 1 aliphatic rings. The summed E-state index contributed by atoms with van der Waals surface area (Å²) < 4.78 is 33.5. The van der Waals surface area contributed by atoms with Gasteiger partial charge in [-0.1, -0.05) is 11.6 Å². The molecule has 1 atom stereocenters. The number of benzene rings is 2. The third-order valence-corrected chi connectivity index (χ3v) is 5.69. The number of nitrogens with one attached hydrogen (secondary N) is 1. The number of aromatic nitrogens is 3. The highest BCUT2D eigenvalue weighted by Gasteiger charge is 2.18. The molecule has 2 heterocycles. The van der Waals surface area contributed by atoms with Crippen molar-refractivity contribution in [1.82, 2.24) is 14.8 Å². The van der Waals surface area contributed by atoms with Crippen molar-refractivity contribution in [3.05, 3.63) is 63.0 Å². The molecule has 0 radical (unpaired) electrons. The lowest BCUT2D eigenvalue weighted by Crippen LogP contribution is -2.16. The molecule has 9 heteroatoms. The molecule has 1 aromatic heterocycles. The average molecular weight is 448 g/mol. The largest absolute Gasteiger partial charge is 0.491 e. The van der Waals surface area contributed by atoms with Crippen molar-refractivity contribution in [3.63, 3.8) is 0 Å². The Balaban J connectivity index is 1.62. The van der Waals surface area contributed by atoms with Crippen LogP contribution < -0.4 is 15.2 Å². The van der Waals surface area contributed by atoms with Crippen molar-refractivity contribution < 1.29 is 18.6 Å². The van der Waals surface area contributed by atoms with Crippen molar-refractivity contribution in [2.75, 3.05) is 13.2 Å². The molecule has 0 saturated carbocycles. The minimum absolute atomic E-state index is 0.0279. The number of H-pyrrole nitrogens is 1. The van der Waals surface area contributed by atoms with Crippen LogP contribution in [0.3, 0.4) is 0 Å². The molecule has 4 rings (SSSR count). The number of aromatic amines is 1. The first-order valence-corrected chi connectivity index (χ1v) is 10.4. The van der Waals surface area contributed by atoms with Gasteiger partial charge in [-0.25, -0.2) is 14.3 Å². The van der Waals surface area contributed by atoms with Gasteiger partial charge in [-0.05, 0) is 55.7 Å². The van der Waals surface area contributed by atoms with E-state index in [9.17, 15) is 9.18 Å². The Hall–Kier alpha value is -2.84. The van der Waals surface area contributed by atoms with E-state index in [-0.39, 0.29) is 18.4 Å². The Bertz CT molecular complexity index is 1140. The fourth-order valence-electron chi connectivity index (χ4n) is 3.40. The van der Waals surface area contributed by atoms with Crippen LogP contribution in [0, 0.1) is 12.7 Å². The van der Waals surface area contributed by atoms with Gasteiger partial charge in [0, 0.05) is 29.8 Å². The first-order valence-electron chi connectivity index (χ1n) is 10.00. The summed E-state index contributed by atoms with van der Waals surface area (Å²) >= 11 is 6.33. The molecule has 0 aliphatic carbocycles. The van der Waals surface area contributed by atoms with E-state index in [2.05, 4.69) is 10.2 Å². The zero-order valence-corrected chi connectivity index (χ0v) is 18.0. The van der Waals surface area contributed by atoms with E-state index in [1.807, 2.05) is 6.92 Å². The molecule has 2 aromatic carbocycles. The molecule has 7 nitrogen and oxygen atoms in total. The molecule has 0 spiro atoms. The van der Waals surface area contributed by atoms with E-state index < -0.39 is 5.82 Å². The van der Waals surface area contributed by atoms with Crippen LogP contribution in [0.4, 0.5) is 4.39 Å². The van der Waals surface area contributed by atoms with E-state index in [1.165, 1.54) is 10.6 Å². The summed E-state index contributed by atoms with van der Waals surface area (Å²) in [4.78, 5) is 11.6. The lowest BCUT2D eigenvalue weighted by molar-refractivity contribution is 0.0679. The van der Waals surface area contributed by atoms with E-state index in [4.69, 9.17) is 25.8 Å². The normalized spacial score (nSPS) is 15.9. The number of hydrogen-bond acceptors (Lipinski definition) is 5. The predicted octanol–water partition coefficient (Wildman–Crippen LogP) is 4.01. The molecule has 1 fully saturated rings. The number of halogens is 2. The fraction of sp³-hybridized carbons (Fsp3) is 0.364. The average Bonchev–Trinajstić information content (AvgIpc) is 3.39. The second-order valence-corrected chi connectivity index (χ2v) is 7.89. The number of nitrogens with zero attached hydrogens (tertiary/aromatic N) is 2. The smallest absolute Gasteiger partial charge is 0.343 e. The number of aryl methyl sites for hydroxylation is 1. The van der Waals surface area contributed by atoms with Crippen molar-refractivity contribution >= 4 is 11.6 Å². The Morgan fingerprint density at radius 1 is 1.29 bits per heavy atom. The molecule has 1 aliphatic heterocycles. The molecule has 1 N–H and O–H groups in total. The van der Waals surface area contributed by atoms with Gasteiger partial charge in [-0.3, -0.25) is 4.57 Å². The monoisotopic (exact) mass is 447 g/mol. The molecular weight excluding hydrogens is 425 g/mol. The second-order valence-electron chi connectivity index (χ2n) is 7.48. The quantitative estimate of drug-likeness (QED) is 0.592. The van der Waals surface area contributed by atoms with Crippen LogP contribution in [0.2, 0.25) is 5.02 Å². The van der Waals surface area contributed by atoms with Crippen molar-refractivity contribution in [2.45, 2.75) is 32.5 Å². The van der Waals surface area contributed by atoms with Gasteiger partial charge in [0.1, 0.15) is 30.5 Å². The van der Waals surface area contributed by atoms with Gasteiger partial charge in [-0.2, -0.15) is 5.10 Å². The molecule has 1 saturated heterocycles. The number of ether oxygens (including phenoxy) is 3. The van der Waals surface area contributed by atoms with E-state index in [1.54, 1.807) is 31.3 Å². The molecule has 164 valence electrons. The maximum atomic E-state index is 14.8. The summed E-state index contributed by atoms with van der Waals surface area (Å²) in [5.41, 5.74) is 1.23. The minimum Gasteiger partial charge on any atom is -0.491 e. The van der Waals surface area contributed by atoms with Crippen LogP contribution in [-0.4, -0.2) is 34.1 Å². The van der Waals surface area contributed by atoms with Gasteiger partial charge >= 0.3 is 5.69 Å². The first-order chi connectivity index (χ1) is 14.9. The molecule has 1 unspecified atom stereocenters. The van der Waals surface area contributed by atoms with Gasteiger partial charge in [0.25, 0.3) is 0 Å². The van der Waals surface area contributed by atoms with Crippen LogP contribution in [0.5, 0.6) is 11.5 Å². The van der Waals surface area contributed by atoms with Gasteiger partial charge in [0.2, 0.25) is 0 Å². The Morgan fingerprint density at radius 3 is 2.84 bits per heavy atom. The predicted molar refractivity (Wildman–Crippen MR) is 114 cm³/mol. The molecular formula is C22H23ClFN3O4. The highest BCUT2D eigenvalue weighted by Crippen LogP contribution is 2.38. The third kappa shape index (κ3) is 4.75. The molecule has 0 bridgehead atoms. The van der Waals surface area contributed by atoms with Crippen LogP contribution in [0.1, 0.15) is 24.2 Å². The maximum Gasteiger partial charge on any atom is 0.343 e. The van der Waals surface area contributed by atoms with Crippen LogP contribution >= 0.6 is 11.6 Å². The van der Waals surface area contributed by atoms with Crippen molar-refractivity contribution in [3.8, 4) is 22.6 Å². The van der Waals surface area contributed by atoms with Crippen molar-refractivity contribution in [1.29, 1.82) is 0 Å². The Morgan fingerprint density at radius 2 is 2.13 bits per heavy atom. The van der Waals surface area contributed by atoms with Gasteiger partial charge < -0.3 is 14.2 Å². The van der Waals surface area contributed by atoms with Gasteiger partial charge in [0.15, 0.2) is 5.82 Å². The Labute approximate surface area is 183 Å². The topological polar surface area (TPSA) is 78.4 Å². The highest BCUT2D eigenvalue weighted by atomic mass is 35.5. The van der Waals surface area contributed by atoms with Crippen LogP contribution in [0.15, 0.2) is 35.1 Å². The van der Waals surface area contributed by atoms with E-state index in [0.717, 1.165) is 25.0 Å². The summed E-state index contributed by atoms with van der Waals surface area (Å²) in [7, 11) is 1.59. The highest BCUT2D eigenvalue weighted by molar-refractivity contribution is 6.31. The SMILES string of the molecule is Cc1cc(OCc2n[nH]c(=O)n2C)c(-c2cc(OCC3CCCO3)ccc2F)cc1Cl. The molecule has 31 heavy (non-hydrogen) atoms. The lowest BCUT2D eigenvalue weighted by atomic mass is 10.0. The van der Waals surface area contributed by atoms with Crippen molar-refractivity contribution in [2.24, 2.45) is 7.05 Å². The third-order valence-electron chi connectivity index (χ3n) is 5.28. The summed E-state index contributed by atoms with van der Waals surface area (Å²) in [5.74, 6) is 0.941. The number of rotatable bonds is 7. The standard InChI is InChI=1S/C22H23ClFN3O4/c1-13-8-20(31-12-21-25-26-22(28)27(21)2)17(10-18(13)23)16-9-14(5-6-19(16)24)30-11-15-4-3-7-29-15/h5-6,8-10,15H,3-4,7,11-12H2,1-2H3,(H,26,28). The minimum atomic E-state index is -0.429. The summed E-state index contributed by atoms with van der Waals surface area (Å²) in [6.45, 7) is 3.02. The summed E-state index contributed by atoms with van der Waals surface area (Å²) in [5, 5.41) is 6.78. The summed E-state index contributed by atoms with van der Waals surface area (Å²) in [6.07, 6.45) is 2.03. The van der Waals surface area contributed by atoms with Gasteiger partial charge in [-0.15, -0.1) is 0 Å². The second kappa shape index (κ2) is 9.11. The Kier molecular flexibility index (Phi) is 6.29. The molecule has 3 aromatic rings. The van der Waals surface area contributed by atoms with Gasteiger partial charge in [0.05, 0.1) is 6.10 Å².